The number of rotatable bonds is 7. The van der Waals surface area contributed by atoms with Gasteiger partial charge in [0.1, 0.15) is 17.2 Å². The Morgan fingerprint density at radius 3 is 2.15 bits per heavy atom. The Labute approximate surface area is 161 Å². The van der Waals surface area contributed by atoms with Crippen molar-refractivity contribution in [3.05, 3.63) is 48.0 Å². The molecule has 0 aromatic heterocycles. The standard InChI is InChI=1S/C22H29NO4/c1-7-19(27-16-10-8-15(9-11-16)22(2,3)4)21(24)23-18-13-12-17(25-5)14-20(18)26-6/h8-14,19H,7H2,1-6H3,(H,23,24)/t19-/m1/s1. The van der Waals surface area contributed by atoms with E-state index in [0.717, 1.165) is 0 Å². The second kappa shape index (κ2) is 8.80. The number of nitrogens with one attached hydrogen (secondary N) is 1. The maximum absolute atomic E-state index is 12.7. The number of ether oxygens (including phenoxy) is 3. The van der Waals surface area contributed by atoms with Gasteiger partial charge in [0.15, 0.2) is 6.10 Å². The summed E-state index contributed by atoms with van der Waals surface area (Å²) in [4.78, 5) is 12.7. The number of amides is 1. The maximum atomic E-state index is 12.7. The van der Waals surface area contributed by atoms with Crippen LogP contribution < -0.4 is 19.5 Å². The monoisotopic (exact) mass is 371 g/mol. The Kier molecular flexibility index (Phi) is 6.72. The van der Waals surface area contributed by atoms with Gasteiger partial charge >= 0.3 is 0 Å². The van der Waals surface area contributed by atoms with Gasteiger partial charge in [0.2, 0.25) is 0 Å². The lowest BCUT2D eigenvalue weighted by Gasteiger charge is -2.21. The molecule has 0 aliphatic heterocycles. The molecule has 0 spiro atoms. The highest BCUT2D eigenvalue weighted by Gasteiger charge is 2.21. The summed E-state index contributed by atoms with van der Waals surface area (Å²) in [5, 5.41) is 2.88. The van der Waals surface area contributed by atoms with E-state index in [-0.39, 0.29) is 11.3 Å². The Bertz CT molecular complexity index is 763. The molecule has 1 atom stereocenters. The van der Waals surface area contributed by atoms with Crippen molar-refractivity contribution in [2.45, 2.75) is 45.6 Å². The molecular formula is C22H29NO4. The highest BCUT2D eigenvalue weighted by atomic mass is 16.5. The van der Waals surface area contributed by atoms with Gasteiger partial charge in [-0.05, 0) is 41.7 Å². The zero-order chi connectivity index (χ0) is 20.0. The third-order valence-electron chi connectivity index (χ3n) is 4.33. The highest BCUT2D eigenvalue weighted by molar-refractivity contribution is 5.95. The van der Waals surface area contributed by atoms with Crippen molar-refractivity contribution >= 4 is 11.6 Å². The lowest BCUT2D eigenvalue weighted by molar-refractivity contribution is -0.122. The quantitative estimate of drug-likeness (QED) is 0.760. The lowest BCUT2D eigenvalue weighted by Crippen LogP contribution is -2.32. The fourth-order valence-electron chi connectivity index (χ4n) is 2.64. The molecule has 146 valence electrons. The summed E-state index contributed by atoms with van der Waals surface area (Å²) in [6, 6.07) is 13.1. The summed E-state index contributed by atoms with van der Waals surface area (Å²) in [6.45, 7) is 8.40. The first-order chi connectivity index (χ1) is 12.8. The minimum atomic E-state index is -0.600. The van der Waals surface area contributed by atoms with E-state index in [0.29, 0.717) is 29.4 Å². The zero-order valence-electron chi connectivity index (χ0n) is 17.0. The molecule has 5 nitrogen and oxygen atoms in total. The summed E-state index contributed by atoms with van der Waals surface area (Å²) in [5.41, 5.74) is 1.87. The van der Waals surface area contributed by atoms with Crippen LogP contribution in [-0.4, -0.2) is 26.2 Å². The second-order valence-corrected chi connectivity index (χ2v) is 7.34. The van der Waals surface area contributed by atoms with Crippen molar-refractivity contribution in [1.29, 1.82) is 0 Å². The zero-order valence-corrected chi connectivity index (χ0v) is 17.0. The van der Waals surface area contributed by atoms with Crippen molar-refractivity contribution in [2.75, 3.05) is 19.5 Å². The first kappa shape index (κ1) is 20.6. The molecule has 5 heteroatoms. The molecular weight excluding hydrogens is 342 g/mol. The molecule has 2 aromatic rings. The summed E-state index contributed by atoms with van der Waals surface area (Å²) in [6.07, 6.45) is -0.0528. The van der Waals surface area contributed by atoms with Crippen molar-refractivity contribution in [2.24, 2.45) is 0 Å². The highest BCUT2D eigenvalue weighted by Crippen LogP contribution is 2.30. The molecule has 0 unspecified atom stereocenters. The lowest BCUT2D eigenvalue weighted by atomic mass is 9.87. The molecule has 0 heterocycles. The van der Waals surface area contributed by atoms with E-state index in [4.69, 9.17) is 14.2 Å². The van der Waals surface area contributed by atoms with Gasteiger partial charge in [-0.3, -0.25) is 4.79 Å². The van der Waals surface area contributed by atoms with Gasteiger partial charge < -0.3 is 19.5 Å². The van der Waals surface area contributed by atoms with Gasteiger partial charge in [-0.1, -0.05) is 39.8 Å². The summed E-state index contributed by atoms with van der Waals surface area (Å²) < 4.78 is 16.4. The molecule has 0 saturated carbocycles. The predicted molar refractivity (Wildman–Crippen MR) is 108 cm³/mol. The minimum Gasteiger partial charge on any atom is -0.497 e. The van der Waals surface area contributed by atoms with E-state index in [1.165, 1.54) is 5.56 Å². The topological polar surface area (TPSA) is 56.8 Å². The average Bonchev–Trinajstić information content (AvgIpc) is 2.65. The molecule has 0 bridgehead atoms. The van der Waals surface area contributed by atoms with Gasteiger partial charge in [-0.2, -0.15) is 0 Å². The van der Waals surface area contributed by atoms with Crippen molar-refractivity contribution in [1.82, 2.24) is 0 Å². The van der Waals surface area contributed by atoms with E-state index in [1.807, 2.05) is 31.2 Å². The summed E-state index contributed by atoms with van der Waals surface area (Å²) in [5.74, 6) is 1.65. The van der Waals surface area contributed by atoms with Gasteiger partial charge in [0, 0.05) is 6.07 Å². The fourth-order valence-corrected chi connectivity index (χ4v) is 2.64. The largest absolute Gasteiger partial charge is 0.497 e. The maximum Gasteiger partial charge on any atom is 0.265 e. The molecule has 0 radical (unpaired) electrons. The molecule has 27 heavy (non-hydrogen) atoms. The number of methoxy groups -OCH3 is 2. The SMILES string of the molecule is CC[C@@H](Oc1ccc(C(C)(C)C)cc1)C(=O)Nc1ccc(OC)cc1OC. The van der Waals surface area contributed by atoms with E-state index < -0.39 is 6.10 Å². The molecule has 0 fully saturated rings. The van der Waals surface area contributed by atoms with Crippen LogP contribution in [0.15, 0.2) is 42.5 Å². The Morgan fingerprint density at radius 2 is 1.63 bits per heavy atom. The Morgan fingerprint density at radius 1 is 1.00 bits per heavy atom. The average molecular weight is 371 g/mol. The molecule has 0 aliphatic rings. The molecule has 2 rings (SSSR count). The van der Waals surface area contributed by atoms with Gasteiger partial charge in [0.05, 0.1) is 19.9 Å². The molecule has 1 N–H and O–H groups in total. The van der Waals surface area contributed by atoms with Gasteiger partial charge in [0.25, 0.3) is 5.91 Å². The van der Waals surface area contributed by atoms with Crippen LogP contribution in [0, 0.1) is 0 Å². The van der Waals surface area contributed by atoms with Crippen molar-refractivity contribution < 1.29 is 19.0 Å². The van der Waals surface area contributed by atoms with Crippen molar-refractivity contribution in [3.8, 4) is 17.2 Å². The Hall–Kier alpha value is -2.69. The first-order valence-electron chi connectivity index (χ1n) is 9.08. The normalized spacial score (nSPS) is 12.2. The number of hydrogen-bond donors (Lipinski definition) is 1. The minimum absolute atomic E-state index is 0.0744. The van der Waals surface area contributed by atoms with Crippen LogP contribution in [0.2, 0.25) is 0 Å². The Balaban J connectivity index is 2.10. The number of benzene rings is 2. The predicted octanol–water partition coefficient (Wildman–Crippen LogP) is 4.80. The first-order valence-corrected chi connectivity index (χ1v) is 9.08. The van der Waals surface area contributed by atoms with E-state index in [9.17, 15) is 4.79 Å². The van der Waals surface area contributed by atoms with Crippen LogP contribution >= 0.6 is 0 Å². The molecule has 1 amide bonds. The summed E-state index contributed by atoms with van der Waals surface area (Å²) >= 11 is 0. The van der Waals surface area contributed by atoms with E-state index >= 15 is 0 Å². The van der Waals surface area contributed by atoms with Crippen molar-refractivity contribution in [3.63, 3.8) is 0 Å². The third kappa shape index (κ3) is 5.39. The third-order valence-corrected chi connectivity index (χ3v) is 4.33. The number of hydrogen-bond acceptors (Lipinski definition) is 4. The second-order valence-electron chi connectivity index (χ2n) is 7.34. The fraction of sp³-hybridized carbons (Fsp3) is 0.409. The van der Waals surface area contributed by atoms with E-state index in [2.05, 4.69) is 26.1 Å². The number of carbonyl (C=O) groups excluding carboxylic acids is 1. The smallest absolute Gasteiger partial charge is 0.265 e. The molecule has 0 saturated heterocycles. The number of anilines is 1. The van der Waals surface area contributed by atoms with Crippen LogP contribution in [0.1, 0.15) is 39.7 Å². The summed E-state index contributed by atoms with van der Waals surface area (Å²) in [7, 11) is 3.13. The van der Waals surface area contributed by atoms with E-state index in [1.54, 1.807) is 32.4 Å². The van der Waals surface area contributed by atoms with Crippen LogP contribution in [0.5, 0.6) is 17.2 Å². The van der Waals surface area contributed by atoms with Crippen LogP contribution in [0.4, 0.5) is 5.69 Å². The van der Waals surface area contributed by atoms with Crippen LogP contribution in [0.3, 0.4) is 0 Å². The number of carbonyl (C=O) groups is 1. The van der Waals surface area contributed by atoms with Crippen LogP contribution in [0.25, 0.3) is 0 Å². The van der Waals surface area contributed by atoms with Gasteiger partial charge in [-0.25, -0.2) is 0 Å². The van der Waals surface area contributed by atoms with Crippen LogP contribution in [-0.2, 0) is 10.2 Å². The molecule has 2 aromatic carbocycles. The molecule has 0 aliphatic carbocycles. The van der Waals surface area contributed by atoms with Gasteiger partial charge in [-0.15, -0.1) is 0 Å².